The van der Waals surface area contributed by atoms with Crippen molar-refractivity contribution >= 4 is 11.9 Å². The van der Waals surface area contributed by atoms with E-state index in [-0.39, 0.29) is 19.1 Å². The average Bonchev–Trinajstić information content (AvgIpc) is 2.82. The molecule has 3 N–H and O–H groups in total. The van der Waals surface area contributed by atoms with E-state index in [1.165, 1.54) is 0 Å². The monoisotopic (exact) mass is 460 g/mol. The van der Waals surface area contributed by atoms with Crippen molar-refractivity contribution in [3.05, 3.63) is 108 Å². The molecular weight excluding hydrogens is 428 g/mol. The van der Waals surface area contributed by atoms with Crippen LogP contribution in [0.4, 0.5) is 0 Å². The van der Waals surface area contributed by atoms with Crippen LogP contribution in [0, 0.1) is 0 Å². The zero-order chi connectivity index (χ0) is 24.6. The van der Waals surface area contributed by atoms with Gasteiger partial charge in [-0.05, 0) is 37.5 Å². The number of aliphatic carboxylic acids is 1. The van der Waals surface area contributed by atoms with Gasteiger partial charge in [-0.15, -0.1) is 0 Å². The summed E-state index contributed by atoms with van der Waals surface area (Å²) >= 11 is 0. The second-order valence-corrected chi connectivity index (χ2v) is 9.20. The maximum Gasteiger partial charge on any atom is 0.323 e. The molecule has 0 aliphatic heterocycles. The summed E-state index contributed by atoms with van der Waals surface area (Å²) < 4.78 is 5.56. The summed E-state index contributed by atoms with van der Waals surface area (Å²) in [6.45, 7) is 5.22. The van der Waals surface area contributed by atoms with Gasteiger partial charge < -0.3 is 15.2 Å². The van der Waals surface area contributed by atoms with Crippen LogP contribution in [-0.2, 0) is 19.9 Å². The van der Waals surface area contributed by atoms with Crippen LogP contribution in [0.15, 0.2) is 91.0 Å². The lowest BCUT2D eigenvalue weighted by Crippen LogP contribution is -2.54. The number of nitrogens with one attached hydrogen (secondary N) is 2. The van der Waals surface area contributed by atoms with E-state index in [4.69, 9.17) is 4.74 Å². The Balaban J connectivity index is 1.99. The molecule has 178 valence electrons. The summed E-state index contributed by atoms with van der Waals surface area (Å²) in [5.74, 6) is -1.36. The molecule has 3 aromatic rings. The summed E-state index contributed by atoms with van der Waals surface area (Å²) in [6.07, 6.45) is 0. The van der Waals surface area contributed by atoms with E-state index >= 15 is 0 Å². The Bertz CT molecular complexity index is 967. The van der Waals surface area contributed by atoms with Crippen LogP contribution >= 0.6 is 0 Å². The zero-order valence-electron chi connectivity index (χ0n) is 19.8. The molecule has 34 heavy (non-hydrogen) atoms. The number of ether oxygens (including phenoxy) is 1. The predicted molar refractivity (Wildman–Crippen MR) is 132 cm³/mol. The van der Waals surface area contributed by atoms with Crippen molar-refractivity contribution in [1.82, 2.24) is 10.6 Å². The molecule has 3 aromatic carbocycles. The third kappa shape index (κ3) is 6.31. The largest absolute Gasteiger partial charge is 0.480 e. The van der Waals surface area contributed by atoms with Crippen molar-refractivity contribution in [2.45, 2.75) is 37.9 Å². The molecule has 0 aromatic heterocycles. The lowest BCUT2D eigenvalue weighted by molar-refractivity contribution is -0.143. The molecule has 6 nitrogen and oxygen atoms in total. The quantitative estimate of drug-likeness (QED) is 0.399. The van der Waals surface area contributed by atoms with Crippen LogP contribution in [0.3, 0.4) is 0 Å². The van der Waals surface area contributed by atoms with E-state index in [0.717, 1.165) is 16.7 Å². The number of carbonyl (C=O) groups excluding carboxylic acids is 1. The van der Waals surface area contributed by atoms with E-state index in [0.29, 0.717) is 0 Å². The first kappa shape index (κ1) is 25.1. The molecule has 0 fully saturated rings. The molecule has 6 heteroatoms. The fourth-order valence-corrected chi connectivity index (χ4v) is 3.97. The molecule has 0 saturated carbocycles. The highest BCUT2D eigenvalue weighted by Crippen LogP contribution is 2.37. The van der Waals surface area contributed by atoms with Crippen molar-refractivity contribution in [2.24, 2.45) is 0 Å². The Morgan fingerprint density at radius 2 is 1.21 bits per heavy atom. The van der Waals surface area contributed by atoms with Gasteiger partial charge >= 0.3 is 5.97 Å². The minimum atomic E-state index is -1.08. The number of benzene rings is 3. The van der Waals surface area contributed by atoms with Gasteiger partial charge in [-0.1, -0.05) is 91.0 Å². The van der Waals surface area contributed by atoms with Crippen molar-refractivity contribution in [3.8, 4) is 0 Å². The van der Waals surface area contributed by atoms with Crippen LogP contribution < -0.4 is 10.6 Å². The molecule has 0 saturated heterocycles. The Hall–Kier alpha value is -3.48. The molecule has 0 bridgehead atoms. The van der Waals surface area contributed by atoms with Gasteiger partial charge in [-0.3, -0.25) is 14.9 Å². The van der Waals surface area contributed by atoms with E-state index in [1.54, 1.807) is 0 Å². The standard InChI is InChI=1S/C28H32N2O4/c1-27(2,3)30-25(31)20-34-19-24(26(32)33)29-28(21-13-7-4-8-14-21,22-15-9-5-10-16-22)23-17-11-6-12-18-23/h4-18,24,29H,19-20H2,1-3H3,(H,30,31)(H,32,33)/t24-/m0/s1. The number of carboxylic acid groups (broad SMARTS) is 1. The third-order valence-electron chi connectivity index (χ3n) is 5.34. The van der Waals surface area contributed by atoms with Gasteiger partial charge in [0.2, 0.25) is 5.91 Å². The molecule has 1 atom stereocenters. The lowest BCUT2D eigenvalue weighted by atomic mass is 9.76. The highest BCUT2D eigenvalue weighted by Gasteiger charge is 2.40. The number of carboxylic acids is 1. The summed E-state index contributed by atoms with van der Waals surface area (Å²) in [5, 5.41) is 16.3. The summed E-state index contributed by atoms with van der Waals surface area (Å²) in [6, 6.07) is 28.1. The fourth-order valence-electron chi connectivity index (χ4n) is 3.97. The molecule has 0 aliphatic carbocycles. The van der Waals surface area contributed by atoms with Gasteiger partial charge in [0.15, 0.2) is 0 Å². The second-order valence-electron chi connectivity index (χ2n) is 9.20. The maximum absolute atomic E-state index is 12.3. The fraction of sp³-hybridized carbons (Fsp3) is 0.286. The molecule has 0 heterocycles. The molecule has 0 aliphatic rings. The number of hydrogen-bond donors (Lipinski definition) is 3. The Morgan fingerprint density at radius 3 is 1.56 bits per heavy atom. The first-order valence-electron chi connectivity index (χ1n) is 11.3. The smallest absolute Gasteiger partial charge is 0.323 e. The van der Waals surface area contributed by atoms with Gasteiger partial charge in [0.1, 0.15) is 12.6 Å². The van der Waals surface area contributed by atoms with E-state index in [9.17, 15) is 14.7 Å². The Labute approximate surface area is 201 Å². The van der Waals surface area contributed by atoms with Gasteiger partial charge in [-0.2, -0.15) is 0 Å². The van der Waals surface area contributed by atoms with Crippen LogP contribution in [-0.4, -0.2) is 41.8 Å². The Kier molecular flexibility index (Phi) is 8.21. The third-order valence-corrected chi connectivity index (χ3v) is 5.34. The van der Waals surface area contributed by atoms with E-state index < -0.39 is 23.1 Å². The van der Waals surface area contributed by atoms with Crippen LogP contribution in [0.5, 0.6) is 0 Å². The highest BCUT2D eigenvalue weighted by atomic mass is 16.5. The molecule has 1 amide bonds. The van der Waals surface area contributed by atoms with Gasteiger partial charge in [0.25, 0.3) is 0 Å². The summed E-state index contributed by atoms with van der Waals surface area (Å²) in [5.41, 5.74) is 1.33. The van der Waals surface area contributed by atoms with Crippen LogP contribution in [0.25, 0.3) is 0 Å². The molecule has 0 spiro atoms. The maximum atomic E-state index is 12.3. The summed E-state index contributed by atoms with van der Waals surface area (Å²) in [7, 11) is 0. The number of amides is 1. The zero-order valence-corrected chi connectivity index (χ0v) is 19.8. The predicted octanol–water partition coefficient (Wildman–Crippen LogP) is 3.95. The first-order chi connectivity index (χ1) is 16.2. The molecule has 0 unspecified atom stereocenters. The van der Waals surface area contributed by atoms with Gasteiger partial charge in [0, 0.05) is 5.54 Å². The highest BCUT2D eigenvalue weighted by molar-refractivity contribution is 5.78. The van der Waals surface area contributed by atoms with E-state index in [1.807, 2.05) is 112 Å². The van der Waals surface area contributed by atoms with Crippen molar-refractivity contribution in [3.63, 3.8) is 0 Å². The van der Waals surface area contributed by atoms with E-state index in [2.05, 4.69) is 10.6 Å². The number of carbonyl (C=O) groups is 2. The molecular formula is C28H32N2O4. The molecule has 3 rings (SSSR count). The molecule has 0 radical (unpaired) electrons. The Morgan fingerprint density at radius 1 is 0.794 bits per heavy atom. The van der Waals surface area contributed by atoms with Crippen LogP contribution in [0.2, 0.25) is 0 Å². The van der Waals surface area contributed by atoms with Crippen LogP contribution in [0.1, 0.15) is 37.5 Å². The minimum absolute atomic E-state index is 0.179. The second kappa shape index (κ2) is 11.1. The topological polar surface area (TPSA) is 87.7 Å². The SMILES string of the molecule is CC(C)(C)NC(=O)COC[C@H](NC(c1ccccc1)(c1ccccc1)c1ccccc1)C(=O)O. The minimum Gasteiger partial charge on any atom is -0.480 e. The van der Waals surface area contributed by atoms with Crippen molar-refractivity contribution in [1.29, 1.82) is 0 Å². The van der Waals surface area contributed by atoms with Gasteiger partial charge in [0.05, 0.1) is 12.1 Å². The number of hydrogen-bond acceptors (Lipinski definition) is 4. The lowest BCUT2D eigenvalue weighted by Gasteiger charge is -2.39. The van der Waals surface area contributed by atoms with Crippen molar-refractivity contribution in [2.75, 3.05) is 13.2 Å². The normalized spacial score (nSPS) is 12.7. The van der Waals surface area contributed by atoms with Crippen molar-refractivity contribution < 1.29 is 19.4 Å². The number of rotatable bonds is 10. The first-order valence-corrected chi connectivity index (χ1v) is 11.3. The van der Waals surface area contributed by atoms with Gasteiger partial charge in [-0.25, -0.2) is 0 Å². The average molecular weight is 461 g/mol. The summed E-state index contributed by atoms with van der Waals surface area (Å²) in [4.78, 5) is 24.5.